The summed E-state index contributed by atoms with van der Waals surface area (Å²) >= 11 is 1.39. The predicted octanol–water partition coefficient (Wildman–Crippen LogP) is 5.09. The van der Waals surface area contributed by atoms with Gasteiger partial charge in [-0.2, -0.15) is 0 Å². The number of rotatable bonds is 12. The molecule has 2 aromatic rings. The van der Waals surface area contributed by atoms with Crippen LogP contribution in [0.25, 0.3) is 0 Å². The number of aliphatic hydroxyl groups excluding tert-OH is 1. The summed E-state index contributed by atoms with van der Waals surface area (Å²) in [7, 11) is 2.42. The van der Waals surface area contributed by atoms with E-state index in [0.29, 0.717) is 4.88 Å². The molecule has 1 amide bonds. The molecule has 1 aromatic heterocycles. The van der Waals surface area contributed by atoms with Crippen LogP contribution in [0, 0.1) is 19.3 Å². The van der Waals surface area contributed by atoms with Crippen molar-refractivity contribution in [3.05, 3.63) is 50.7 Å². The number of carbonyl (C=O) groups is 3. The molecule has 2 atom stereocenters. The van der Waals surface area contributed by atoms with Crippen LogP contribution in [0.1, 0.15) is 85.1 Å². The number of aryl methyl sites for hydroxylation is 2. The van der Waals surface area contributed by atoms with Crippen molar-refractivity contribution >= 4 is 29.2 Å². The molecule has 0 saturated heterocycles. The van der Waals surface area contributed by atoms with E-state index in [1.54, 1.807) is 0 Å². The average molecular weight is 562 g/mol. The Morgan fingerprint density at radius 1 is 1.00 bits per heavy atom. The maximum absolute atomic E-state index is 13.2. The molecule has 0 aliphatic rings. The van der Waals surface area contributed by atoms with Gasteiger partial charge >= 0.3 is 11.9 Å². The van der Waals surface area contributed by atoms with Crippen LogP contribution in [0.3, 0.4) is 0 Å². The highest BCUT2D eigenvalue weighted by Gasteiger charge is 2.35. The molecule has 0 aliphatic carbocycles. The Morgan fingerprint density at radius 3 is 2.15 bits per heavy atom. The van der Waals surface area contributed by atoms with E-state index in [-0.39, 0.29) is 23.9 Å². The van der Waals surface area contributed by atoms with Gasteiger partial charge < -0.3 is 24.6 Å². The van der Waals surface area contributed by atoms with E-state index in [4.69, 9.17) is 9.47 Å². The summed E-state index contributed by atoms with van der Waals surface area (Å²) < 4.78 is 15.4. The van der Waals surface area contributed by atoms with Gasteiger partial charge in [0, 0.05) is 10.3 Å². The quantitative estimate of drug-likeness (QED) is 0.347. The first-order valence-electron chi connectivity index (χ1n) is 13.2. The molecule has 1 unspecified atom stereocenters. The summed E-state index contributed by atoms with van der Waals surface area (Å²) in [6.45, 7) is 14.2. The van der Waals surface area contributed by atoms with Gasteiger partial charge in [0.1, 0.15) is 18.4 Å². The van der Waals surface area contributed by atoms with Crippen LogP contribution in [0.5, 0.6) is 5.75 Å². The highest BCUT2D eigenvalue weighted by atomic mass is 32.1. The lowest BCUT2D eigenvalue weighted by Crippen LogP contribution is -2.43. The molecule has 0 bridgehead atoms. The zero-order valence-corrected chi connectivity index (χ0v) is 25.4. The zero-order valence-electron chi connectivity index (χ0n) is 24.6. The summed E-state index contributed by atoms with van der Waals surface area (Å²) in [5.74, 6) is -1.06. The van der Waals surface area contributed by atoms with E-state index in [1.165, 1.54) is 25.6 Å². The fraction of sp³-hybridized carbons (Fsp3) is 0.567. The number of methoxy groups -OCH3 is 2. The molecule has 2 N–H and O–H groups in total. The molecule has 216 valence electrons. The number of amides is 1. The first kappa shape index (κ1) is 32.3. The molecular formula is C30H43NO7S. The Hall–Kier alpha value is -2.91. The predicted molar refractivity (Wildman–Crippen MR) is 152 cm³/mol. The Morgan fingerprint density at radius 2 is 1.64 bits per heavy atom. The fourth-order valence-electron chi connectivity index (χ4n) is 4.43. The lowest BCUT2D eigenvalue weighted by molar-refractivity contribution is -0.149. The van der Waals surface area contributed by atoms with Crippen molar-refractivity contribution in [3.63, 3.8) is 0 Å². The molecule has 0 radical (unpaired) electrons. The minimum Gasteiger partial charge on any atom is -0.491 e. The molecule has 9 heteroatoms. The summed E-state index contributed by atoms with van der Waals surface area (Å²) in [4.78, 5) is 38.7. The highest BCUT2D eigenvalue weighted by molar-refractivity contribution is 7.14. The Bertz CT molecular complexity index is 1160. The lowest BCUT2D eigenvalue weighted by Gasteiger charge is -2.32. The first-order valence-corrected chi connectivity index (χ1v) is 14.0. The van der Waals surface area contributed by atoms with Gasteiger partial charge in [-0.25, -0.2) is 4.79 Å². The van der Waals surface area contributed by atoms with Gasteiger partial charge in [0.05, 0.1) is 31.6 Å². The molecule has 0 saturated carbocycles. The van der Waals surface area contributed by atoms with Gasteiger partial charge in [-0.05, 0) is 60.9 Å². The molecule has 8 nitrogen and oxygen atoms in total. The summed E-state index contributed by atoms with van der Waals surface area (Å²) in [6, 6.07) is 7.00. The topological polar surface area (TPSA) is 111 Å². The van der Waals surface area contributed by atoms with Crippen molar-refractivity contribution in [2.24, 2.45) is 5.41 Å². The first-order chi connectivity index (χ1) is 18.2. The number of esters is 2. The standard InChI is InChI=1S/C30H43NO7S/c1-10-30(11-2,20-12-13-22(18(3)14-20)38-17-23(32)29(5,6)7)24-15-19(4)26(39-24)27(34)31-21(28(35)37-9)16-25(33)36-8/h12-15,21,23,32H,10-11,16-17H2,1-9H3,(H,31,34)/t21-,23?/m0/s1. The van der Waals surface area contributed by atoms with Gasteiger partial charge in [-0.1, -0.05) is 46.8 Å². The number of nitrogens with one attached hydrogen (secondary N) is 1. The largest absolute Gasteiger partial charge is 0.491 e. The van der Waals surface area contributed by atoms with Gasteiger partial charge in [0.2, 0.25) is 0 Å². The highest BCUT2D eigenvalue weighted by Crippen LogP contribution is 2.44. The summed E-state index contributed by atoms with van der Waals surface area (Å²) in [6.07, 6.45) is 0.702. The molecule has 39 heavy (non-hydrogen) atoms. The number of carbonyl (C=O) groups excluding carboxylic acids is 3. The molecule has 1 aromatic carbocycles. The van der Waals surface area contributed by atoms with E-state index >= 15 is 0 Å². The van der Waals surface area contributed by atoms with Crippen molar-refractivity contribution in [1.82, 2.24) is 5.32 Å². The molecular weight excluding hydrogens is 518 g/mol. The Balaban J connectivity index is 2.37. The van der Waals surface area contributed by atoms with Crippen molar-refractivity contribution in [3.8, 4) is 5.75 Å². The second-order valence-corrected chi connectivity index (χ2v) is 12.0. The minimum absolute atomic E-state index is 0.210. The fourth-order valence-corrected chi connectivity index (χ4v) is 5.86. The average Bonchev–Trinajstić information content (AvgIpc) is 3.29. The van der Waals surface area contributed by atoms with Crippen LogP contribution in [0.15, 0.2) is 24.3 Å². The van der Waals surface area contributed by atoms with E-state index in [2.05, 4.69) is 36.0 Å². The number of benzene rings is 1. The SMILES string of the molecule is CCC(CC)(c1ccc(OCC(O)C(C)(C)C)c(C)c1)c1cc(C)c(C(=O)N[C@@H](CC(=O)OC)C(=O)OC)s1. The Labute approximate surface area is 236 Å². The summed E-state index contributed by atoms with van der Waals surface area (Å²) in [5, 5.41) is 13.0. The number of ether oxygens (including phenoxy) is 3. The molecule has 0 spiro atoms. The normalized spacial score (nSPS) is 13.4. The maximum Gasteiger partial charge on any atom is 0.328 e. The monoisotopic (exact) mass is 561 g/mol. The van der Waals surface area contributed by atoms with Gasteiger partial charge in [0.15, 0.2) is 0 Å². The molecule has 1 heterocycles. The van der Waals surface area contributed by atoms with Crippen LogP contribution in [-0.4, -0.2) is 55.9 Å². The Kier molecular flexibility index (Phi) is 11.1. The zero-order chi connectivity index (χ0) is 29.5. The van der Waals surface area contributed by atoms with Crippen LogP contribution in [0.4, 0.5) is 0 Å². The third kappa shape index (κ3) is 7.60. The van der Waals surface area contributed by atoms with Gasteiger partial charge in [-0.3, -0.25) is 9.59 Å². The number of aliphatic hydroxyl groups is 1. The van der Waals surface area contributed by atoms with Crippen molar-refractivity contribution < 1.29 is 33.7 Å². The minimum atomic E-state index is -1.14. The van der Waals surface area contributed by atoms with Crippen LogP contribution in [-0.2, 0) is 24.5 Å². The van der Waals surface area contributed by atoms with E-state index in [0.717, 1.165) is 40.2 Å². The third-order valence-corrected chi connectivity index (χ3v) is 8.76. The van der Waals surface area contributed by atoms with Crippen molar-refractivity contribution in [1.29, 1.82) is 0 Å². The van der Waals surface area contributed by atoms with Crippen LogP contribution >= 0.6 is 11.3 Å². The number of hydrogen-bond acceptors (Lipinski definition) is 8. The molecule has 0 aliphatic heterocycles. The lowest BCUT2D eigenvalue weighted by atomic mass is 9.74. The molecule has 2 rings (SSSR count). The van der Waals surface area contributed by atoms with Gasteiger partial charge in [-0.15, -0.1) is 11.3 Å². The third-order valence-electron chi connectivity index (χ3n) is 7.32. The number of thiophene rings is 1. The van der Waals surface area contributed by atoms with E-state index in [9.17, 15) is 19.5 Å². The van der Waals surface area contributed by atoms with Crippen LogP contribution in [0.2, 0.25) is 0 Å². The van der Waals surface area contributed by atoms with E-state index < -0.39 is 30.0 Å². The second kappa shape index (κ2) is 13.4. The molecule has 0 fully saturated rings. The maximum atomic E-state index is 13.2. The number of hydrogen-bond donors (Lipinski definition) is 2. The van der Waals surface area contributed by atoms with Crippen molar-refractivity contribution in [2.45, 2.75) is 85.3 Å². The van der Waals surface area contributed by atoms with Gasteiger partial charge in [0.25, 0.3) is 5.91 Å². The summed E-state index contributed by atoms with van der Waals surface area (Å²) in [5.41, 5.74) is 2.25. The van der Waals surface area contributed by atoms with Crippen molar-refractivity contribution in [2.75, 3.05) is 20.8 Å². The van der Waals surface area contributed by atoms with Crippen LogP contribution < -0.4 is 10.1 Å². The smallest absolute Gasteiger partial charge is 0.328 e. The van der Waals surface area contributed by atoms with E-state index in [1.807, 2.05) is 46.8 Å². The second-order valence-electron chi connectivity index (χ2n) is 10.9.